The highest BCUT2D eigenvalue weighted by molar-refractivity contribution is 8.00. The van der Waals surface area contributed by atoms with Crippen LogP contribution in [0.3, 0.4) is 0 Å². The van der Waals surface area contributed by atoms with E-state index in [9.17, 15) is 9.59 Å². The minimum absolute atomic E-state index is 0.112. The Morgan fingerprint density at radius 2 is 2.10 bits per heavy atom. The Labute approximate surface area is 129 Å². The summed E-state index contributed by atoms with van der Waals surface area (Å²) in [5.74, 6) is -0.572. The van der Waals surface area contributed by atoms with Crippen LogP contribution in [0.5, 0.6) is 0 Å². The van der Waals surface area contributed by atoms with Crippen LogP contribution in [0.2, 0.25) is 0 Å². The zero-order valence-electron chi connectivity index (χ0n) is 11.2. The van der Waals surface area contributed by atoms with Crippen LogP contribution in [-0.2, 0) is 10.5 Å². The SMILES string of the molecule is CCC(=O)Nc1nnc(SCc2ccccc2C(=O)O)s1. The van der Waals surface area contributed by atoms with Gasteiger partial charge in [0.2, 0.25) is 11.0 Å². The van der Waals surface area contributed by atoms with Crippen molar-refractivity contribution in [2.45, 2.75) is 23.4 Å². The van der Waals surface area contributed by atoms with Crippen molar-refractivity contribution in [3.05, 3.63) is 35.4 Å². The molecule has 2 N–H and O–H groups in total. The Bertz CT molecular complexity index is 658. The van der Waals surface area contributed by atoms with Crippen LogP contribution in [0.4, 0.5) is 5.13 Å². The number of nitrogens with zero attached hydrogens (tertiary/aromatic N) is 2. The number of carboxylic acids is 1. The molecule has 21 heavy (non-hydrogen) atoms. The van der Waals surface area contributed by atoms with Crippen LogP contribution < -0.4 is 5.32 Å². The van der Waals surface area contributed by atoms with E-state index in [2.05, 4.69) is 15.5 Å². The lowest BCUT2D eigenvalue weighted by Gasteiger charge is -2.03. The zero-order valence-corrected chi connectivity index (χ0v) is 12.8. The van der Waals surface area contributed by atoms with Gasteiger partial charge in [-0.3, -0.25) is 4.79 Å². The third kappa shape index (κ3) is 4.27. The third-order valence-corrected chi connectivity index (χ3v) is 4.59. The van der Waals surface area contributed by atoms with Gasteiger partial charge in [0.05, 0.1) is 5.56 Å². The molecule has 0 unspecified atom stereocenters. The highest BCUT2D eigenvalue weighted by Crippen LogP contribution is 2.29. The van der Waals surface area contributed by atoms with Crippen LogP contribution in [-0.4, -0.2) is 27.2 Å². The lowest BCUT2D eigenvalue weighted by atomic mass is 10.1. The summed E-state index contributed by atoms with van der Waals surface area (Å²) in [6.07, 6.45) is 0.383. The molecule has 0 atom stereocenters. The number of hydrogen-bond donors (Lipinski definition) is 2. The molecule has 2 rings (SSSR count). The molecule has 2 aromatic rings. The van der Waals surface area contributed by atoms with Gasteiger partial charge in [0, 0.05) is 12.2 Å². The minimum atomic E-state index is -0.945. The fourth-order valence-electron chi connectivity index (χ4n) is 1.52. The normalized spacial score (nSPS) is 10.3. The van der Waals surface area contributed by atoms with Gasteiger partial charge in [0.15, 0.2) is 4.34 Å². The predicted molar refractivity (Wildman–Crippen MR) is 81.8 cm³/mol. The van der Waals surface area contributed by atoms with E-state index >= 15 is 0 Å². The Morgan fingerprint density at radius 1 is 1.33 bits per heavy atom. The van der Waals surface area contributed by atoms with Crippen molar-refractivity contribution in [3.63, 3.8) is 0 Å². The van der Waals surface area contributed by atoms with Crippen molar-refractivity contribution in [1.29, 1.82) is 0 Å². The molecule has 0 aliphatic carbocycles. The van der Waals surface area contributed by atoms with Crippen molar-refractivity contribution in [3.8, 4) is 0 Å². The van der Waals surface area contributed by atoms with Crippen molar-refractivity contribution in [2.24, 2.45) is 0 Å². The summed E-state index contributed by atoms with van der Waals surface area (Å²) in [6.45, 7) is 1.76. The van der Waals surface area contributed by atoms with E-state index in [1.165, 1.54) is 23.1 Å². The largest absolute Gasteiger partial charge is 0.478 e. The topological polar surface area (TPSA) is 92.2 Å². The average Bonchev–Trinajstić information content (AvgIpc) is 2.92. The molecule has 1 aromatic heterocycles. The van der Waals surface area contributed by atoms with Gasteiger partial charge in [-0.15, -0.1) is 10.2 Å². The first-order valence-electron chi connectivity index (χ1n) is 6.17. The molecule has 0 saturated carbocycles. The van der Waals surface area contributed by atoms with Gasteiger partial charge in [0.25, 0.3) is 0 Å². The van der Waals surface area contributed by atoms with Crippen LogP contribution in [0.1, 0.15) is 29.3 Å². The fourth-order valence-corrected chi connectivity index (χ4v) is 3.29. The average molecular weight is 323 g/mol. The summed E-state index contributed by atoms with van der Waals surface area (Å²) >= 11 is 2.66. The van der Waals surface area contributed by atoms with Gasteiger partial charge in [-0.1, -0.05) is 48.2 Å². The molecule has 1 amide bonds. The molecule has 0 spiro atoms. The van der Waals surface area contributed by atoms with Crippen LogP contribution in [0.25, 0.3) is 0 Å². The molecule has 0 radical (unpaired) electrons. The molecule has 1 heterocycles. The number of carbonyl (C=O) groups excluding carboxylic acids is 1. The second-order valence-corrected chi connectivity index (χ2v) is 6.23. The molecular weight excluding hydrogens is 310 g/mol. The highest BCUT2D eigenvalue weighted by atomic mass is 32.2. The zero-order chi connectivity index (χ0) is 15.2. The van der Waals surface area contributed by atoms with Crippen molar-refractivity contribution >= 4 is 40.1 Å². The van der Waals surface area contributed by atoms with Crippen molar-refractivity contribution in [1.82, 2.24) is 10.2 Å². The molecule has 1 aromatic carbocycles. The van der Waals surface area contributed by atoms with Gasteiger partial charge >= 0.3 is 5.97 Å². The second-order valence-electron chi connectivity index (χ2n) is 4.03. The lowest BCUT2D eigenvalue weighted by Crippen LogP contribution is -2.08. The van der Waals surface area contributed by atoms with Crippen LogP contribution in [0.15, 0.2) is 28.6 Å². The number of anilines is 1. The number of carbonyl (C=O) groups is 2. The number of rotatable bonds is 6. The molecule has 8 heteroatoms. The third-order valence-electron chi connectivity index (χ3n) is 2.57. The smallest absolute Gasteiger partial charge is 0.335 e. The summed E-state index contributed by atoms with van der Waals surface area (Å²) in [7, 11) is 0. The highest BCUT2D eigenvalue weighted by Gasteiger charge is 2.11. The van der Waals surface area contributed by atoms with Crippen LogP contribution >= 0.6 is 23.1 Å². The molecule has 0 saturated heterocycles. The van der Waals surface area contributed by atoms with E-state index in [-0.39, 0.29) is 11.5 Å². The maximum absolute atomic E-state index is 11.2. The number of hydrogen-bond acceptors (Lipinski definition) is 6. The number of aromatic carboxylic acids is 1. The van der Waals surface area contributed by atoms with E-state index in [0.717, 1.165) is 5.56 Å². The number of aromatic nitrogens is 2. The molecular formula is C13H13N3O3S2. The van der Waals surface area contributed by atoms with Gasteiger partial charge in [-0.25, -0.2) is 4.79 Å². The van der Waals surface area contributed by atoms with E-state index < -0.39 is 5.97 Å². The van der Waals surface area contributed by atoms with Crippen molar-refractivity contribution in [2.75, 3.05) is 5.32 Å². The Hall–Kier alpha value is -1.93. The Morgan fingerprint density at radius 3 is 2.81 bits per heavy atom. The van der Waals surface area contributed by atoms with Gasteiger partial charge in [0.1, 0.15) is 0 Å². The first-order chi connectivity index (χ1) is 10.1. The summed E-state index contributed by atoms with van der Waals surface area (Å²) in [5.41, 5.74) is 1.01. The number of benzene rings is 1. The maximum Gasteiger partial charge on any atom is 0.335 e. The van der Waals surface area contributed by atoms with E-state index in [1.807, 2.05) is 0 Å². The number of nitrogens with one attached hydrogen (secondary N) is 1. The molecule has 0 aliphatic rings. The van der Waals surface area contributed by atoms with Crippen LogP contribution in [0, 0.1) is 0 Å². The van der Waals surface area contributed by atoms with E-state index in [1.54, 1.807) is 31.2 Å². The summed E-state index contributed by atoms with van der Waals surface area (Å²) < 4.78 is 0.682. The Balaban J connectivity index is 2.01. The number of thioether (sulfide) groups is 1. The van der Waals surface area contributed by atoms with Crippen molar-refractivity contribution < 1.29 is 14.7 Å². The van der Waals surface area contributed by atoms with E-state index in [0.29, 0.717) is 21.6 Å². The molecule has 0 bridgehead atoms. The van der Waals surface area contributed by atoms with Gasteiger partial charge in [-0.2, -0.15) is 0 Å². The lowest BCUT2D eigenvalue weighted by molar-refractivity contribution is -0.115. The quantitative estimate of drug-likeness (QED) is 0.627. The first-order valence-corrected chi connectivity index (χ1v) is 7.97. The predicted octanol–water partition coefficient (Wildman–Crippen LogP) is 2.88. The number of amides is 1. The maximum atomic E-state index is 11.2. The van der Waals surface area contributed by atoms with Gasteiger partial charge in [-0.05, 0) is 11.6 Å². The van der Waals surface area contributed by atoms with E-state index in [4.69, 9.17) is 5.11 Å². The Kier molecular flexibility index (Phi) is 5.29. The minimum Gasteiger partial charge on any atom is -0.478 e. The summed E-state index contributed by atoms with van der Waals surface area (Å²) in [6, 6.07) is 6.85. The summed E-state index contributed by atoms with van der Waals surface area (Å²) in [4.78, 5) is 22.4. The molecule has 110 valence electrons. The summed E-state index contributed by atoms with van der Waals surface area (Å²) in [5, 5.41) is 20.0. The molecule has 0 aliphatic heterocycles. The molecule has 6 nitrogen and oxygen atoms in total. The van der Waals surface area contributed by atoms with Gasteiger partial charge < -0.3 is 10.4 Å². The first kappa shape index (κ1) is 15.5. The number of carboxylic acid groups (broad SMARTS) is 1. The monoisotopic (exact) mass is 323 g/mol. The standard InChI is InChI=1S/C13H13N3O3S2/c1-2-10(17)14-12-15-16-13(21-12)20-7-8-5-3-4-6-9(8)11(18)19/h3-6H,2,7H2,1H3,(H,18,19)(H,14,15,17). The second kappa shape index (κ2) is 7.19. The fraction of sp³-hybridized carbons (Fsp3) is 0.231. The molecule has 0 fully saturated rings.